The fourth-order valence-corrected chi connectivity index (χ4v) is 1.40. The van der Waals surface area contributed by atoms with Crippen LogP contribution < -0.4 is 5.32 Å². The Morgan fingerprint density at radius 2 is 2.00 bits per heavy atom. The molecule has 0 aliphatic heterocycles. The maximum absolute atomic E-state index is 11.0. The van der Waals surface area contributed by atoms with Crippen LogP contribution in [-0.4, -0.2) is 12.5 Å². The third-order valence-corrected chi connectivity index (χ3v) is 2.47. The predicted molar refractivity (Wildman–Crippen MR) is 67.2 cm³/mol. The molecule has 0 saturated heterocycles. The minimum absolute atomic E-state index is 0.0841. The normalized spacial score (nSPS) is 9.81. The molecule has 86 valence electrons. The molecule has 1 amide bonds. The fourth-order valence-electron chi connectivity index (χ4n) is 1.40. The second-order valence-electron chi connectivity index (χ2n) is 3.87. The summed E-state index contributed by atoms with van der Waals surface area (Å²) in [5.41, 5.74) is 2.39. The van der Waals surface area contributed by atoms with E-state index in [1.165, 1.54) is 5.56 Å². The molecule has 1 rings (SSSR count). The largest absolute Gasteiger partial charge is 0.352 e. The van der Waals surface area contributed by atoms with Crippen molar-refractivity contribution in [2.45, 2.75) is 26.2 Å². The molecule has 0 spiro atoms. The number of hydrogen-bond donors (Lipinski definition) is 1. The van der Waals surface area contributed by atoms with Crippen LogP contribution in [0.15, 0.2) is 42.5 Å². The number of rotatable bonds is 6. The van der Waals surface area contributed by atoms with E-state index in [0.717, 1.165) is 18.4 Å². The zero-order chi connectivity index (χ0) is 11.8. The van der Waals surface area contributed by atoms with Gasteiger partial charge in [-0.1, -0.05) is 49.4 Å². The van der Waals surface area contributed by atoms with Gasteiger partial charge < -0.3 is 5.32 Å². The van der Waals surface area contributed by atoms with Gasteiger partial charge in [-0.2, -0.15) is 0 Å². The number of carbonyl (C=O) groups is 1. The van der Waals surface area contributed by atoms with Crippen LogP contribution in [-0.2, 0) is 11.2 Å². The number of benzene rings is 1. The van der Waals surface area contributed by atoms with Crippen molar-refractivity contribution in [1.82, 2.24) is 5.32 Å². The molecule has 0 fully saturated rings. The number of hydrogen-bond acceptors (Lipinski definition) is 1. The average Bonchev–Trinajstić information content (AvgIpc) is 2.34. The van der Waals surface area contributed by atoms with Crippen LogP contribution in [0.4, 0.5) is 0 Å². The first-order valence-electron chi connectivity index (χ1n) is 5.69. The maximum atomic E-state index is 11.0. The van der Waals surface area contributed by atoms with Crippen molar-refractivity contribution in [1.29, 1.82) is 0 Å². The lowest BCUT2D eigenvalue weighted by atomic mass is 10.1. The van der Waals surface area contributed by atoms with E-state index >= 15 is 0 Å². The molecule has 1 aromatic carbocycles. The first-order chi connectivity index (χ1) is 7.72. The first kappa shape index (κ1) is 12.5. The standard InChI is InChI=1S/C14H19NO/c1-3-14(16)15-11-12(2)9-10-13-7-5-4-6-8-13/h4-8H,2-3,9-11H2,1H3,(H,15,16). The van der Waals surface area contributed by atoms with E-state index in [9.17, 15) is 4.79 Å². The van der Waals surface area contributed by atoms with Gasteiger partial charge in [0.25, 0.3) is 0 Å². The lowest BCUT2D eigenvalue weighted by Gasteiger charge is -2.07. The van der Waals surface area contributed by atoms with Crippen LogP contribution in [0, 0.1) is 0 Å². The molecule has 0 aromatic heterocycles. The van der Waals surface area contributed by atoms with Gasteiger partial charge >= 0.3 is 0 Å². The number of aryl methyl sites for hydroxylation is 1. The Balaban J connectivity index is 2.23. The number of carbonyl (C=O) groups excluding carboxylic acids is 1. The Kier molecular flexibility index (Phi) is 5.34. The zero-order valence-corrected chi connectivity index (χ0v) is 9.83. The average molecular weight is 217 g/mol. The van der Waals surface area contributed by atoms with E-state index in [1.54, 1.807) is 0 Å². The van der Waals surface area contributed by atoms with E-state index in [-0.39, 0.29) is 5.91 Å². The maximum Gasteiger partial charge on any atom is 0.219 e. The molecule has 1 aromatic rings. The van der Waals surface area contributed by atoms with Crippen molar-refractivity contribution in [2.75, 3.05) is 6.54 Å². The molecule has 1 N–H and O–H groups in total. The quantitative estimate of drug-likeness (QED) is 0.729. The second-order valence-corrected chi connectivity index (χ2v) is 3.87. The molecular weight excluding hydrogens is 198 g/mol. The lowest BCUT2D eigenvalue weighted by Crippen LogP contribution is -2.24. The summed E-state index contributed by atoms with van der Waals surface area (Å²) in [4.78, 5) is 11.0. The topological polar surface area (TPSA) is 29.1 Å². The summed E-state index contributed by atoms with van der Waals surface area (Å²) in [6.07, 6.45) is 2.45. The van der Waals surface area contributed by atoms with Gasteiger partial charge in [0.2, 0.25) is 5.91 Å². The zero-order valence-electron chi connectivity index (χ0n) is 9.83. The van der Waals surface area contributed by atoms with Gasteiger partial charge in [0.05, 0.1) is 0 Å². The van der Waals surface area contributed by atoms with Crippen molar-refractivity contribution in [3.8, 4) is 0 Å². The molecule has 0 unspecified atom stereocenters. The van der Waals surface area contributed by atoms with Crippen molar-refractivity contribution in [2.24, 2.45) is 0 Å². The Labute approximate surface area is 97.4 Å². The molecule has 0 bridgehead atoms. The van der Waals surface area contributed by atoms with Crippen LogP contribution in [0.3, 0.4) is 0 Å². The molecular formula is C14H19NO. The SMILES string of the molecule is C=C(CCc1ccccc1)CNC(=O)CC. The molecule has 2 heteroatoms. The van der Waals surface area contributed by atoms with E-state index in [1.807, 2.05) is 25.1 Å². The summed E-state index contributed by atoms with van der Waals surface area (Å²) in [5.74, 6) is 0.0841. The Morgan fingerprint density at radius 3 is 2.62 bits per heavy atom. The highest BCUT2D eigenvalue weighted by atomic mass is 16.1. The van der Waals surface area contributed by atoms with Crippen LogP contribution in [0.25, 0.3) is 0 Å². The Hall–Kier alpha value is -1.57. The van der Waals surface area contributed by atoms with Gasteiger partial charge in [0, 0.05) is 13.0 Å². The van der Waals surface area contributed by atoms with Gasteiger partial charge in [0.1, 0.15) is 0 Å². The fraction of sp³-hybridized carbons (Fsp3) is 0.357. The summed E-state index contributed by atoms with van der Waals surface area (Å²) in [6.45, 7) is 6.41. The molecule has 2 nitrogen and oxygen atoms in total. The summed E-state index contributed by atoms with van der Waals surface area (Å²) < 4.78 is 0. The minimum atomic E-state index is 0.0841. The molecule has 0 heterocycles. The van der Waals surface area contributed by atoms with Gasteiger partial charge in [-0.15, -0.1) is 0 Å². The van der Waals surface area contributed by atoms with Crippen LogP contribution in [0.5, 0.6) is 0 Å². The van der Waals surface area contributed by atoms with Gasteiger partial charge in [0.15, 0.2) is 0 Å². The summed E-state index contributed by atoms with van der Waals surface area (Å²) in [5, 5.41) is 2.83. The molecule has 0 aliphatic rings. The van der Waals surface area contributed by atoms with Crippen molar-refractivity contribution in [3.05, 3.63) is 48.0 Å². The third-order valence-electron chi connectivity index (χ3n) is 2.47. The summed E-state index contributed by atoms with van der Waals surface area (Å²) in [6, 6.07) is 10.3. The van der Waals surface area contributed by atoms with Crippen LogP contribution in [0.1, 0.15) is 25.3 Å². The molecule has 16 heavy (non-hydrogen) atoms. The first-order valence-corrected chi connectivity index (χ1v) is 5.69. The van der Waals surface area contributed by atoms with Gasteiger partial charge in [-0.05, 0) is 18.4 Å². The Morgan fingerprint density at radius 1 is 1.31 bits per heavy atom. The van der Waals surface area contributed by atoms with E-state index < -0.39 is 0 Å². The van der Waals surface area contributed by atoms with Crippen molar-refractivity contribution in [3.63, 3.8) is 0 Å². The van der Waals surface area contributed by atoms with Crippen molar-refractivity contribution >= 4 is 5.91 Å². The molecule has 0 saturated carbocycles. The highest BCUT2D eigenvalue weighted by molar-refractivity contribution is 5.75. The second kappa shape index (κ2) is 6.83. The predicted octanol–water partition coefficient (Wildman–Crippen LogP) is 2.70. The van der Waals surface area contributed by atoms with Crippen LogP contribution >= 0.6 is 0 Å². The molecule has 0 aliphatic carbocycles. The van der Waals surface area contributed by atoms with Crippen LogP contribution in [0.2, 0.25) is 0 Å². The Bertz CT molecular complexity index is 343. The lowest BCUT2D eigenvalue weighted by molar-refractivity contribution is -0.120. The highest BCUT2D eigenvalue weighted by Crippen LogP contribution is 2.06. The third kappa shape index (κ3) is 4.78. The van der Waals surface area contributed by atoms with E-state index in [2.05, 4.69) is 24.0 Å². The van der Waals surface area contributed by atoms with Crippen molar-refractivity contribution < 1.29 is 4.79 Å². The van der Waals surface area contributed by atoms with Gasteiger partial charge in [-0.3, -0.25) is 4.79 Å². The monoisotopic (exact) mass is 217 g/mol. The van der Waals surface area contributed by atoms with E-state index in [4.69, 9.17) is 0 Å². The van der Waals surface area contributed by atoms with E-state index in [0.29, 0.717) is 13.0 Å². The number of amides is 1. The van der Waals surface area contributed by atoms with Gasteiger partial charge in [-0.25, -0.2) is 0 Å². The summed E-state index contributed by atoms with van der Waals surface area (Å²) in [7, 11) is 0. The highest BCUT2D eigenvalue weighted by Gasteiger charge is 1.99. The smallest absolute Gasteiger partial charge is 0.219 e. The summed E-state index contributed by atoms with van der Waals surface area (Å²) >= 11 is 0. The molecule has 0 radical (unpaired) electrons. The minimum Gasteiger partial charge on any atom is -0.352 e. The molecule has 0 atom stereocenters. The number of nitrogens with one attached hydrogen (secondary N) is 1.